The third-order valence-electron chi connectivity index (χ3n) is 2.10. The number of aliphatic carboxylic acids is 4. The van der Waals surface area contributed by atoms with Crippen LogP contribution < -0.4 is 174 Å². The van der Waals surface area contributed by atoms with Crippen molar-refractivity contribution in [1.82, 2.24) is 5.32 Å². The third-order valence-corrected chi connectivity index (χ3v) is 2.46. The molecule has 3 N–H and O–H groups in total. The maximum absolute atomic E-state index is 10.3. The Labute approximate surface area is 282 Å². The summed E-state index contributed by atoms with van der Waals surface area (Å²) in [5.41, 5.74) is -2.97. The minimum Gasteiger partial charge on any atom is -0.870 e. The minimum atomic E-state index is -2.97. The average Bonchev–Trinajstić information content (AvgIpc) is 2.33. The van der Waals surface area contributed by atoms with Gasteiger partial charge in [-0.3, -0.25) is 4.79 Å². The number of amides is 1. The predicted molar refractivity (Wildman–Crippen MR) is 67.6 cm³/mol. The monoisotopic (exact) mass is 483 g/mol. The molecule has 0 aliphatic heterocycles. The molecule has 0 heterocycles. The molecule has 140 valence electrons. The number of hydrogen-bond acceptors (Lipinski definition) is 12. The molecule has 0 spiro atoms. The predicted octanol–water partition coefficient (Wildman–Crippen LogP) is -22.2. The molecule has 0 rings (SSSR count). The van der Waals surface area contributed by atoms with Crippen LogP contribution in [0.1, 0.15) is 19.8 Å². The summed E-state index contributed by atoms with van der Waals surface area (Å²) in [6.45, 7) is 1.24. The Morgan fingerprint density at radius 1 is 0.897 bits per heavy atom. The van der Waals surface area contributed by atoms with Gasteiger partial charge >= 0.3 is 148 Å². The Balaban J connectivity index is -0.0000000428. The Hall–Kier alpha value is 2.62. The summed E-state index contributed by atoms with van der Waals surface area (Å²) in [7, 11) is 0. The zero-order chi connectivity index (χ0) is 18.8. The van der Waals surface area contributed by atoms with Gasteiger partial charge in [-0.2, -0.15) is 12.6 Å². The first-order chi connectivity index (χ1) is 10.4. The van der Waals surface area contributed by atoms with Gasteiger partial charge in [0.05, 0.1) is 18.0 Å². The van der Waals surface area contributed by atoms with E-state index in [4.69, 9.17) is 5.11 Å². The molecule has 0 bridgehead atoms. The van der Waals surface area contributed by atoms with Gasteiger partial charge in [0.25, 0.3) is 0 Å². The van der Waals surface area contributed by atoms with Crippen LogP contribution in [-0.2, 0) is 24.0 Å². The largest absolute Gasteiger partial charge is 1.00 e. The first kappa shape index (κ1) is 53.1. The number of nitrogens with one attached hydrogen (secondary N) is 1. The molecule has 0 fully saturated rings. The molecule has 29 heavy (non-hydrogen) atoms. The molecule has 12 nitrogen and oxygen atoms in total. The minimum absolute atomic E-state index is 0. The van der Waals surface area contributed by atoms with E-state index >= 15 is 0 Å². The molecule has 0 saturated heterocycles. The van der Waals surface area contributed by atoms with Crippen molar-refractivity contribution < 1.29 is 203 Å². The van der Waals surface area contributed by atoms with Gasteiger partial charge in [-0.25, -0.2) is 0 Å². The van der Waals surface area contributed by atoms with Crippen molar-refractivity contribution in [2.75, 3.05) is 5.75 Å². The standard InChI is InChI=1S/C6H8O7.C5H9NO3S.5Na.H2O/c7-3(8)1-6(13,5(11)12)2-4(9)10;1-3(7)6-4(2-10)5(8)9;;;;;;/h13H,1-2H2,(H,7,8)(H,9,10)(H,11,12);4,10H,2H2,1H3,(H,6,7)(H,8,9);;;;;;1H2/q;;5*+1;/p-5/t;4-;;;;;;/m.0....../s1. The van der Waals surface area contributed by atoms with Crippen LogP contribution in [0.5, 0.6) is 0 Å². The van der Waals surface area contributed by atoms with Crippen molar-refractivity contribution in [2.45, 2.75) is 31.4 Å². The maximum Gasteiger partial charge on any atom is 1.00 e. The van der Waals surface area contributed by atoms with E-state index in [0.717, 1.165) is 0 Å². The van der Waals surface area contributed by atoms with Crippen LogP contribution in [0, 0.1) is 0 Å². The summed E-state index contributed by atoms with van der Waals surface area (Å²) in [6, 6.07) is -0.985. The van der Waals surface area contributed by atoms with E-state index in [-0.39, 0.29) is 159 Å². The molecule has 0 radical (unpaired) electrons. The summed E-state index contributed by atoms with van der Waals surface area (Å²) in [4.78, 5) is 50.4. The molecule has 0 unspecified atom stereocenters. The van der Waals surface area contributed by atoms with Crippen LogP contribution in [0.4, 0.5) is 0 Å². The Morgan fingerprint density at radius 2 is 1.21 bits per heavy atom. The van der Waals surface area contributed by atoms with Crippen LogP contribution >= 0.6 is 12.6 Å². The number of carboxylic acids is 4. The second-order valence-corrected chi connectivity index (χ2v) is 4.54. The molecule has 1 amide bonds. The van der Waals surface area contributed by atoms with Crippen molar-refractivity contribution in [2.24, 2.45) is 0 Å². The summed E-state index contributed by atoms with van der Waals surface area (Å²) in [6.07, 6.45) is -2.72. The summed E-state index contributed by atoms with van der Waals surface area (Å²) in [5.74, 6) is -7.66. The number of carboxylic acid groups (broad SMARTS) is 4. The van der Waals surface area contributed by atoms with Gasteiger partial charge in [-0.15, -0.1) is 0 Å². The first-order valence-corrected chi connectivity index (χ1v) is 6.41. The number of rotatable bonds is 8. The van der Waals surface area contributed by atoms with Gasteiger partial charge in [0, 0.05) is 37.5 Å². The van der Waals surface area contributed by atoms with E-state index in [1.54, 1.807) is 0 Å². The third kappa shape index (κ3) is 30.6. The van der Waals surface area contributed by atoms with E-state index in [1.807, 2.05) is 0 Å². The number of carbonyl (C=O) groups excluding carboxylic acids is 5. The molecule has 0 aromatic heterocycles. The fourth-order valence-corrected chi connectivity index (χ4v) is 1.35. The molecular weight excluding hydrogens is 469 g/mol. The molecule has 0 saturated carbocycles. The molecule has 1 atom stereocenters. The normalized spacial score (nSPS) is 9.07. The van der Waals surface area contributed by atoms with Crippen LogP contribution in [0.2, 0.25) is 0 Å². The molecule has 18 heteroatoms. The topological polar surface area (TPSA) is 240 Å². The summed E-state index contributed by atoms with van der Waals surface area (Å²) >= 11 is 3.69. The molecule has 0 aliphatic carbocycles. The zero-order valence-electron chi connectivity index (χ0n) is 17.2. The van der Waals surface area contributed by atoms with E-state index in [1.165, 1.54) is 6.92 Å². The Morgan fingerprint density at radius 3 is 1.31 bits per heavy atom. The van der Waals surface area contributed by atoms with Crippen molar-refractivity contribution in [1.29, 1.82) is 0 Å². The Bertz CT molecular complexity index is 482. The van der Waals surface area contributed by atoms with Gasteiger partial charge in [0.15, 0.2) is 0 Å². The van der Waals surface area contributed by atoms with Gasteiger partial charge in [0.1, 0.15) is 5.60 Å². The van der Waals surface area contributed by atoms with Crippen molar-refractivity contribution in [3.63, 3.8) is 0 Å². The quantitative estimate of drug-likeness (QED) is 0.216. The van der Waals surface area contributed by atoms with E-state index in [9.17, 15) is 44.4 Å². The van der Waals surface area contributed by atoms with Gasteiger partial charge < -0.3 is 55.5 Å². The van der Waals surface area contributed by atoms with Crippen LogP contribution in [0.25, 0.3) is 0 Å². The smallest absolute Gasteiger partial charge is 0.870 e. The van der Waals surface area contributed by atoms with E-state index in [0.29, 0.717) is 0 Å². The van der Waals surface area contributed by atoms with Crippen molar-refractivity contribution in [3.8, 4) is 0 Å². The van der Waals surface area contributed by atoms with Crippen LogP contribution in [0.3, 0.4) is 0 Å². The maximum atomic E-state index is 10.3. The molecular formula is C11H14NNa5O11S. The number of aliphatic hydroxyl groups is 1. The summed E-state index contributed by atoms with van der Waals surface area (Å²) < 4.78 is 0. The van der Waals surface area contributed by atoms with Gasteiger partial charge in [-0.1, -0.05) is 0 Å². The zero-order valence-corrected chi connectivity index (χ0v) is 28.1. The molecule has 0 aromatic rings. The van der Waals surface area contributed by atoms with Gasteiger partial charge in [-0.05, 0) is 0 Å². The molecule has 0 aliphatic rings. The number of carbonyl (C=O) groups is 5. The first-order valence-electron chi connectivity index (χ1n) is 5.78. The summed E-state index contributed by atoms with van der Waals surface area (Å²) in [5, 5.41) is 51.2. The fraction of sp³-hybridized carbons (Fsp3) is 0.545. The SMILES string of the molecule is CC(=O)N[C@@H](CS)C(=O)[O-].O=C([O-])CC(O)(CC(=O)[O-])C(=O)[O-].[Na+].[Na+].[Na+].[Na+].[Na+].[OH-]. The fourth-order valence-electron chi connectivity index (χ4n) is 1.11. The Kier molecular flexibility index (Phi) is 52.5. The molecule has 0 aromatic carbocycles. The average molecular weight is 483 g/mol. The van der Waals surface area contributed by atoms with Crippen molar-refractivity contribution in [3.05, 3.63) is 0 Å². The second-order valence-electron chi connectivity index (χ2n) is 4.17. The second kappa shape index (κ2) is 28.7. The van der Waals surface area contributed by atoms with Crippen molar-refractivity contribution >= 4 is 42.4 Å². The van der Waals surface area contributed by atoms with Crippen LogP contribution in [-0.4, -0.2) is 57.8 Å². The number of hydrogen-bond donors (Lipinski definition) is 3. The number of thiol groups is 1. The van der Waals surface area contributed by atoms with E-state index < -0.39 is 54.3 Å². The van der Waals surface area contributed by atoms with E-state index in [2.05, 4.69) is 17.9 Å². The van der Waals surface area contributed by atoms with Gasteiger partial charge in [0.2, 0.25) is 5.91 Å². The van der Waals surface area contributed by atoms with Crippen LogP contribution in [0.15, 0.2) is 0 Å².